The van der Waals surface area contributed by atoms with E-state index < -0.39 is 12.1 Å². The molecule has 0 aromatic heterocycles. The van der Waals surface area contributed by atoms with Gasteiger partial charge in [-0.3, -0.25) is 4.90 Å². The highest BCUT2D eigenvalue weighted by Crippen LogP contribution is 2.75. The van der Waals surface area contributed by atoms with E-state index in [1.807, 2.05) is 14.1 Å². The van der Waals surface area contributed by atoms with E-state index in [2.05, 4.69) is 22.5 Å². The molecule has 1 heterocycles. The molecule has 3 fully saturated rings. The van der Waals surface area contributed by atoms with E-state index in [-0.39, 0.29) is 16.4 Å². The third-order valence-corrected chi connectivity index (χ3v) is 9.22. The summed E-state index contributed by atoms with van der Waals surface area (Å²) >= 11 is 0. The molecule has 0 amide bonds. The number of quaternary nitrogens is 1. The largest absolute Gasteiger partial charge is 0.545 e. The summed E-state index contributed by atoms with van der Waals surface area (Å²) in [5.41, 5.74) is 7.28. The number of aliphatic carboxylic acids is 1. The molecule has 1 aliphatic heterocycles. The summed E-state index contributed by atoms with van der Waals surface area (Å²) in [5, 5.41) is 29.5. The molecule has 0 aromatic rings. The first-order valence-corrected chi connectivity index (χ1v) is 11.9. The zero-order chi connectivity index (χ0) is 22.4. The molecule has 31 heavy (non-hydrogen) atoms. The van der Waals surface area contributed by atoms with Crippen molar-refractivity contribution in [3.05, 3.63) is 11.1 Å². The minimum absolute atomic E-state index is 0.0854. The van der Waals surface area contributed by atoms with E-state index in [1.54, 1.807) is 0 Å². The van der Waals surface area contributed by atoms with Crippen LogP contribution in [0.4, 0.5) is 0 Å². The molecule has 8 heteroatoms. The van der Waals surface area contributed by atoms with Crippen LogP contribution in [0.1, 0.15) is 39.0 Å². The van der Waals surface area contributed by atoms with Crippen molar-refractivity contribution < 1.29 is 19.9 Å². The van der Waals surface area contributed by atoms with E-state index >= 15 is 0 Å². The lowest BCUT2D eigenvalue weighted by Crippen LogP contribution is -3.19. The highest BCUT2D eigenvalue weighted by molar-refractivity contribution is 5.88. The number of aliphatic hydroxyl groups is 1. The second kappa shape index (κ2) is 8.46. The highest BCUT2D eigenvalue weighted by Gasteiger charge is 2.73. The van der Waals surface area contributed by atoms with Gasteiger partial charge in [-0.2, -0.15) is 0 Å². The van der Waals surface area contributed by atoms with Crippen LogP contribution in [-0.2, 0) is 4.79 Å². The Morgan fingerprint density at radius 2 is 2.10 bits per heavy atom. The molecule has 6 N–H and O–H groups in total. The monoisotopic (exact) mass is 433 g/mol. The van der Waals surface area contributed by atoms with Crippen LogP contribution in [0.3, 0.4) is 0 Å². The summed E-state index contributed by atoms with van der Waals surface area (Å²) in [6.07, 6.45) is 3.56. The quantitative estimate of drug-likeness (QED) is 0.185. The molecule has 7 atom stereocenters. The van der Waals surface area contributed by atoms with Gasteiger partial charge in [0, 0.05) is 29.4 Å². The number of nitrogens with two attached hydrogens (primary N) is 1. The number of likely N-dealkylation sites (N-methyl/N-ethyl adjacent to an activating group) is 1. The number of carboxylic acid groups (broad SMARTS) is 1. The van der Waals surface area contributed by atoms with Crippen LogP contribution in [0.2, 0.25) is 0 Å². The molecule has 0 aromatic carbocycles. The van der Waals surface area contributed by atoms with Gasteiger partial charge in [0.2, 0.25) is 0 Å². The summed E-state index contributed by atoms with van der Waals surface area (Å²) in [6, 6.07) is 0. The lowest BCUT2D eigenvalue weighted by Gasteiger charge is -2.60. The minimum atomic E-state index is -1.19. The summed E-state index contributed by atoms with van der Waals surface area (Å²) < 4.78 is 0. The number of carbonyl (C=O) groups is 1. The van der Waals surface area contributed by atoms with Gasteiger partial charge in [0.25, 0.3) is 5.96 Å². The molecule has 2 saturated carbocycles. The van der Waals surface area contributed by atoms with Crippen LogP contribution >= 0.6 is 0 Å². The van der Waals surface area contributed by atoms with Crippen molar-refractivity contribution in [1.29, 1.82) is 0 Å². The van der Waals surface area contributed by atoms with Crippen molar-refractivity contribution >= 4 is 11.9 Å². The summed E-state index contributed by atoms with van der Waals surface area (Å²) in [4.78, 5) is 17.9. The Balaban J connectivity index is 1.81. The second-order valence-corrected chi connectivity index (χ2v) is 10.2. The summed E-state index contributed by atoms with van der Waals surface area (Å²) in [7, 11) is 3.91. The van der Waals surface area contributed by atoms with Crippen LogP contribution in [0.15, 0.2) is 16.1 Å². The number of nitrogens with zero attached hydrogens (tertiary/aromatic N) is 1. The number of guanidine groups is 1. The van der Waals surface area contributed by atoms with Crippen LogP contribution in [0.5, 0.6) is 0 Å². The van der Waals surface area contributed by atoms with Gasteiger partial charge in [0.1, 0.15) is 0 Å². The zero-order valence-electron chi connectivity index (χ0n) is 19.2. The fourth-order valence-corrected chi connectivity index (χ4v) is 8.14. The van der Waals surface area contributed by atoms with Crippen molar-refractivity contribution in [3.8, 4) is 0 Å². The number of allylic oxidation sites excluding steroid dienone is 1. The standard InChI is InChI=1S/C23H39N5O3/c1-14-4-5-15-10-17-19(20(30)31)18(29)11-22(14,17)23(15)13-28(9-6-16(23)12-26-3)21(24)27-8-7-25-2/h14-16,18,25-26,29H,4-13H2,1-3H3,(H2,24,27)(H,30,31). The van der Waals surface area contributed by atoms with Gasteiger partial charge < -0.3 is 31.4 Å². The molecule has 174 valence electrons. The van der Waals surface area contributed by atoms with Gasteiger partial charge in [-0.15, -0.1) is 0 Å². The zero-order valence-corrected chi connectivity index (χ0v) is 19.2. The number of nitrogens with one attached hydrogen (secondary N) is 3. The number of aliphatic imine (C=N–C) groups is 1. The number of carboxylic acids is 1. The van der Waals surface area contributed by atoms with E-state index in [4.69, 9.17) is 5.73 Å². The second-order valence-electron chi connectivity index (χ2n) is 10.2. The van der Waals surface area contributed by atoms with E-state index in [0.717, 1.165) is 57.4 Å². The summed E-state index contributed by atoms with van der Waals surface area (Å²) in [6.45, 7) is 6.42. The number of aliphatic hydroxyl groups excluding tert-OH is 1. The first-order chi connectivity index (χ1) is 14.8. The number of piperidine rings is 1. The van der Waals surface area contributed by atoms with Gasteiger partial charge in [-0.1, -0.05) is 12.5 Å². The number of hydrogen-bond acceptors (Lipinski definition) is 6. The highest BCUT2D eigenvalue weighted by atomic mass is 16.4. The molecule has 2 bridgehead atoms. The molecule has 4 rings (SSSR count). The SMILES string of the molecule is CNCCN=C(N)[NH+]1CCC(CNC)C2(C1)C1CCC(C)C23CC(O)C(C(=O)[O-])=C3C1. The van der Waals surface area contributed by atoms with Crippen LogP contribution in [0, 0.1) is 28.6 Å². The molecule has 0 radical (unpaired) electrons. The molecule has 7 unspecified atom stereocenters. The first-order valence-electron chi connectivity index (χ1n) is 11.9. The fourth-order valence-electron chi connectivity index (χ4n) is 8.14. The maximum atomic E-state index is 12.1. The van der Waals surface area contributed by atoms with Gasteiger partial charge in [-0.05, 0) is 64.1 Å². The molecule has 1 saturated heterocycles. The normalized spacial score (nSPS) is 42.3. The Bertz CT molecular complexity index is 783. The van der Waals surface area contributed by atoms with Crippen molar-refractivity contribution in [2.75, 3.05) is 46.8 Å². The number of carbonyl (C=O) groups excluding carboxylic acids is 1. The molecule has 8 nitrogen and oxygen atoms in total. The predicted molar refractivity (Wildman–Crippen MR) is 117 cm³/mol. The maximum absolute atomic E-state index is 12.1. The molecular formula is C23H39N5O3. The lowest BCUT2D eigenvalue weighted by molar-refractivity contribution is -0.828. The van der Waals surface area contributed by atoms with Crippen molar-refractivity contribution in [3.63, 3.8) is 0 Å². The van der Waals surface area contributed by atoms with Crippen LogP contribution < -0.4 is 26.4 Å². The average Bonchev–Trinajstić information content (AvgIpc) is 3.10. The minimum Gasteiger partial charge on any atom is -0.545 e. The van der Waals surface area contributed by atoms with Gasteiger partial charge >= 0.3 is 0 Å². The Hall–Kier alpha value is -1.48. The van der Waals surface area contributed by atoms with Gasteiger partial charge in [0.05, 0.1) is 31.7 Å². The third kappa shape index (κ3) is 3.17. The van der Waals surface area contributed by atoms with Gasteiger partial charge in [0.15, 0.2) is 0 Å². The van der Waals surface area contributed by atoms with E-state index in [0.29, 0.717) is 36.7 Å². The van der Waals surface area contributed by atoms with E-state index in [1.165, 1.54) is 4.90 Å². The Morgan fingerprint density at radius 1 is 1.32 bits per heavy atom. The molecular weight excluding hydrogens is 394 g/mol. The molecule has 4 aliphatic rings. The summed E-state index contributed by atoms with van der Waals surface area (Å²) in [5.74, 6) is 0.640. The average molecular weight is 434 g/mol. The Kier molecular flexibility index (Phi) is 6.20. The smallest absolute Gasteiger partial charge is 0.293 e. The van der Waals surface area contributed by atoms with Crippen LogP contribution in [-0.4, -0.2) is 70.0 Å². The molecule has 2 spiro atoms. The van der Waals surface area contributed by atoms with Crippen molar-refractivity contribution in [2.24, 2.45) is 39.3 Å². The van der Waals surface area contributed by atoms with Crippen LogP contribution in [0.25, 0.3) is 0 Å². The Morgan fingerprint density at radius 3 is 2.77 bits per heavy atom. The number of likely N-dealkylation sites (tertiary alicyclic amines) is 1. The Labute approximate surface area is 185 Å². The lowest BCUT2D eigenvalue weighted by atomic mass is 9.45. The maximum Gasteiger partial charge on any atom is 0.293 e. The number of rotatable bonds is 6. The van der Waals surface area contributed by atoms with Crippen molar-refractivity contribution in [2.45, 2.75) is 45.1 Å². The fraction of sp³-hybridized carbons (Fsp3) is 0.826. The predicted octanol–water partition coefficient (Wildman–Crippen LogP) is -2.12. The first kappa shape index (κ1) is 22.7. The topological polar surface area (TPSA) is 127 Å². The third-order valence-electron chi connectivity index (χ3n) is 9.22. The van der Waals surface area contributed by atoms with Crippen molar-refractivity contribution in [1.82, 2.24) is 10.6 Å². The van der Waals surface area contributed by atoms with Gasteiger partial charge in [-0.25, -0.2) is 4.99 Å². The molecule has 3 aliphatic carbocycles. The number of hydrogen-bond donors (Lipinski definition) is 5. The van der Waals surface area contributed by atoms with E-state index in [9.17, 15) is 15.0 Å².